The third kappa shape index (κ3) is 1.46. The normalized spacial score (nSPS) is 24.1. The molecule has 1 unspecified atom stereocenters. The van der Waals surface area contributed by atoms with E-state index >= 15 is 0 Å². The minimum Gasteiger partial charge on any atom is -0.300 e. The number of hydrazine groups is 2. The number of nitrogens with two attached hydrogens (primary N) is 1. The van der Waals surface area contributed by atoms with Crippen LogP contribution in [0.4, 0.5) is 9.61 Å². The Morgan fingerprint density at radius 1 is 1.62 bits per heavy atom. The van der Waals surface area contributed by atoms with Crippen molar-refractivity contribution in [2.75, 3.05) is 18.5 Å². The average molecular weight is 242 g/mol. The molecular weight excluding hydrogens is 231 g/mol. The molecule has 2 aliphatic rings. The van der Waals surface area contributed by atoms with Gasteiger partial charge >= 0.3 is 0 Å². The molecule has 0 saturated carbocycles. The van der Waals surface area contributed by atoms with Gasteiger partial charge in [-0.05, 0) is 0 Å². The summed E-state index contributed by atoms with van der Waals surface area (Å²) in [6.45, 7) is 0.908. The number of amidine groups is 1. The van der Waals surface area contributed by atoms with Crippen molar-refractivity contribution in [3.05, 3.63) is 10.6 Å². The SMILES string of the molecule is NNc1nc2c(s1)CCN=C1NN(F)CC12. The Morgan fingerprint density at radius 2 is 2.50 bits per heavy atom. The molecule has 0 spiro atoms. The summed E-state index contributed by atoms with van der Waals surface area (Å²) in [7, 11) is 0. The van der Waals surface area contributed by atoms with Crippen LogP contribution < -0.4 is 16.7 Å². The fourth-order valence-corrected chi connectivity index (χ4v) is 2.93. The number of aromatic nitrogens is 1. The van der Waals surface area contributed by atoms with E-state index < -0.39 is 0 Å². The molecule has 1 saturated heterocycles. The van der Waals surface area contributed by atoms with Crippen molar-refractivity contribution in [2.45, 2.75) is 12.3 Å². The highest BCUT2D eigenvalue weighted by Crippen LogP contribution is 2.33. The van der Waals surface area contributed by atoms with Crippen molar-refractivity contribution in [2.24, 2.45) is 10.8 Å². The second kappa shape index (κ2) is 3.65. The van der Waals surface area contributed by atoms with Crippen LogP contribution in [0.15, 0.2) is 4.99 Å². The zero-order chi connectivity index (χ0) is 11.1. The molecule has 0 amide bonds. The van der Waals surface area contributed by atoms with Crippen molar-refractivity contribution < 1.29 is 4.48 Å². The largest absolute Gasteiger partial charge is 0.300 e. The fourth-order valence-electron chi connectivity index (χ4n) is 2.01. The predicted molar refractivity (Wildman–Crippen MR) is 59.6 cm³/mol. The number of fused-ring (bicyclic) bond motifs is 3. The maximum absolute atomic E-state index is 13.1. The fraction of sp³-hybridized carbons (Fsp3) is 0.500. The van der Waals surface area contributed by atoms with Gasteiger partial charge in [-0.3, -0.25) is 15.8 Å². The van der Waals surface area contributed by atoms with Gasteiger partial charge in [0.2, 0.25) is 0 Å². The van der Waals surface area contributed by atoms with Gasteiger partial charge in [0.15, 0.2) is 5.13 Å². The number of nitrogens with zero attached hydrogens (tertiary/aromatic N) is 3. The summed E-state index contributed by atoms with van der Waals surface area (Å²) >= 11 is 1.51. The van der Waals surface area contributed by atoms with Crippen LogP contribution >= 0.6 is 11.3 Å². The van der Waals surface area contributed by atoms with Gasteiger partial charge in [0, 0.05) is 17.8 Å². The highest BCUT2D eigenvalue weighted by Gasteiger charge is 2.35. The van der Waals surface area contributed by atoms with E-state index in [2.05, 4.69) is 20.8 Å². The number of aliphatic imine (C=N–C) groups is 1. The summed E-state index contributed by atoms with van der Waals surface area (Å²) in [5.41, 5.74) is 6.02. The lowest BCUT2D eigenvalue weighted by Gasteiger charge is -2.03. The summed E-state index contributed by atoms with van der Waals surface area (Å²) in [5.74, 6) is 5.90. The van der Waals surface area contributed by atoms with Gasteiger partial charge in [0.05, 0.1) is 18.2 Å². The van der Waals surface area contributed by atoms with E-state index in [1.807, 2.05) is 0 Å². The van der Waals surface area contributed by atoms with Crippen molar-refractivity contribution in [1.82, 2.24) is 15.6 Å². The standard InChI is InChI=1S/C8H11FN6S/c9-15-3-4-6-5(16-8(12-6)13-10)1-2-11-7(4)14-15/h4H,1-3,10H2,(H,11,14)(H,12,13). The number of nitrogen functional groups attached to an aromatic ring is 1. The zero-order valence-electron chi connectivity index (χ0n) is 8.40. The van der Waals surface area contributed by atoms with Crippen molar-refractivity contribution in [3.63, 3.8) is 0 Å². The van der Waals surface area contributed by atoms with Crippen LogP contribution in [0, 0.1) is 0 Å². The quantitative estimate of drug-likeness (QED) is 0.372. The first-order valence-corrected chi connectivity index (χ1v) is 5.80. The molecule has 0 aliphatic carbocycles. The zero-order valence-corrected chi connectivity index (χ0v) is 9.22. The maximum atomic E-state index is 13.1. The molecule has 0 radical (unpaired) electrons. The lowest BCUT2D eigenvalue weighted by Crippen LogP contribution is -2.26. The van der Waals surface area contributed by atoms with Crippen LogP contribution in [0.25, 0.3) is 0 Å². The lowest BCUT2D eigenvalue weighted by atomic mass is 10.1. The smallest absolute Gasteiger partial charge is 0.197 e. The van der Waals surface area contributed by atoms with Crippen molar-refractivity contribution in [3.8, 4) is 0 Å². The topological polar surface area (TPSA) is 78.6 Å². The molecule has 1 aromatic rings. The Kier molecular flexibility index (Phi) is 2.27. The molecule has 4 N–H and O–H groups in total. The molecule has 0 bridgehead atoms. The molecule has 2 aliphatic heterocycles. The Labute approximate surface area is 95.2 Å². The van der Waals surface area contributed by atoms with Gasteiger partial charge in [0.25, 0.3) is 0 Å². The van der Waals surface area contributed by atoms with Crippen LogP contribution in [-0.4, -0.2) is 29.1 Å². The van der Waals surface area contributed by atoms with Crippen molar-refractivity contribution in [1.29, 1.82) is 0 Å². The second-order valence-electron chi connectivity index (χ2n) is 3.70. The predicted octanol–water partition coefficient (Wildman–Crippen LogP) is 0.172. The molecule has 1 atom stereocenters. The van der Waals surface area contributed by atoms with E-state index in [4.69, 9.17) is 5.84 Å². The van der Waals surface area contributed by atoms with Gasteiger partial charge < -0.3 is 0 Å². The third-order valence-electron chi connectivity index (χ3n) is 2.71. The number of hydrogen-bond acceptors (Lipinski definition) is 7. The Morgan fingerprint density at radius 3 is 3.31 bits per heavy atom. The molecule has 1 aromatic heterocycles. The Bertz CT molecular complexity index is 444. The number of nitrogens with one attached hydrogen (secondary N) is 2. The monoisotopic (exact) mass is 242 g/mol. The first-order chi connectivity index (χ1) is 7.78. The highest BCUT2D eigenvalue weighted by atomic mass is 32.1. The Hall–Kier alpha value is -1.25. The van der Waals surface area contributed by atoms with Crippen LogP contribution in [0.3, 0.4) is 0 Å². The second-order valence-corrected chi connectivity index (χ2v) is 4.78. The van der Waals surface area contributed by atoms with Gasteiger partial charge in [-0.1, -0.05) is 5.23 Å². The third-order valence-corrected chi connectivity index (χ3v) is 3.77. The maximum Gasteiger partial charge on any atom is 0.197 e. The Balaban J connectivity index is 2.03. The van der Waals surface area contributed by atoms with Crippen LogP contribution in [0.2, 0.25) is 0 Å². The molecule has 8 heteroatoms. The first-order valence-electron chi connectivity index (χ1n) is 4.98. The molecule has 0 aromatic carbocycles. The number of hydrogen-bond donors (Lipinski definition) is 3. The average Bonchev–Trinajstić information content (AvgIpc) is 2.79. The minimum absolute atomic E-state index is 0.0964. The molecule has 3 heterocycles. The molecular formula is C8H11FN6S. The summed E-state index contributed by atoms with van der Waals surface area (Å²) in [5, 5.41) is 1.22. The van der Waals surface area contributed by atoms with E-state index in [-0.39, 0.29) is 12.5 Å². The molecule has 3 rings (SSSR count). The van der Waals surface area contributed by atoms with Crippen molar-refractivity contribution >= 4 is 22.3 Å². The van der Waals surface area contributed by atoms with Crippen LogP contribution in [0.5, 0.6) is 0 Å². The number of anilines is 1. The summed E-state index contributed by atoms with van der Waals surface area (Å²) < 4.78 is 13.1. The van der Waals surface area contributed by atoms with Gasteiger partial charge in [-0.25, -0.2) is 10.8 Å². The minimum atomic E-state index is -0.0964. The van der Waals surface area contributed by atoms with Gasteiger partial charge in [-0.2, -0.15) is 0 Å². The molecule has 6 nitrogen and oxygen atoms in total. The number of halogens is 1. The lowest BCUT2D eigenvalue weighted by molar-refractivity contribution is 0.0113. The summed E-state index contributed by atoms with van der Waals surface area (Å²) in [6, 6.07) is 0. The van der Waals surface area contributed by atoms with Crippen LogP contribution in [-0.2, 0) is 6.42 Å². The van der Waals surface area contributed by atoms with Gasteiger partial charge in [0.1, 0.15) is 5.84 Å². The van der Waals surface area contributed by atoms with Gasteiger partial charge in [-0.15, -0.1) is 15.8 Å². The van der Waals surface area contributed by atoms with E-state index in [0.717, 1.165) is 17.0 Å². The summed E-state index contributed by atoms with van der Waals surface area (Å²) in [4.78, 5) is 9.82. The number of thiazole rings is 1. The van der Waals surface area contributed by atoms with E-state index in [1.165, 1.54) is 11.3 Å². The molecule has 1 fully saturated rings. The number of rotatable bonds is 1. The highest BCUT2D eigenvalue weighted by molar-refractivity contribution is 7.15. The molecule has 16 heavy (non-hydrogen) atoms. The van der Waals surface area contributed by atoms with E-state index in [1.54, 1.807) is 0 Å². The van der Waals surface area contributed by atoms with E-state index in [9.17, 15) is 4.48 Å². The first kappa shape index (κ1) is 9.94. The van der Waals surface area contributed by atoms with E-state index in [0.29, 0.717) is 22.7 Å². The summed E-state index contributed by atoms with van der Waals surface area (Å²) in [6.07, 6.45) is 0.836. The van der Waals surface area contributed by atoms with Crippen LogP contribution in [0.1, 0.15) is 16.5 Å². The molecule has 86 valence electrons.